The highest BCUT2D eigenvalue weighted by Gasteiger charge is 2.03. The number of aliphatic imine (C=N–C) groups is 1. The van der Waals surface area contributed by atoms with E-state index in [9.17, 15) is 4.79 Å². The third kappa shape index (κ3) is 7.09. The van der Waals surface area contributed by atoms with Gasteiger partial charge in [0.2, 0.25) is 5.91 Å². The predicted octanol–water partition coefficient (Wildman–Crippen LogP) is 0.430. The summed E-state index contributed by atoms with van der Waals surface area (Å²) in [5.74, 6) is 0.721. The lowest BCUT2D eigenvalue weighted by Gasteiger charge is -2.12. The Morgan fingerprint density at radius 2 is 1.94 bits per heavy atom. The lowest BCUT2D eigenvalue weighted by atomic mass is 10.3. The normalized spacial score (nSPS) is 11.1. The second-order valence-corrected chi connectivity index (χ2v) is 3.76. The van der Waals surface area contributed by atoms with Crippen LogP contribution < -0.4 is 10.6 Å². The fourth-order valence-corrected chi connectivity index (χ4v) is 1.01. The van der Waals surface area contributed by atoms with Gasteiger partial charge in [-0.25, -0.2) is 4.99 Å². The number of likely N-dealkylation sites (N-methyl/N-ethyl adjacent to an activating group) is 1. The van der Waals surface area contributed by atoms with Crippen LogP contribution in [0.3, 0.4) is 0 Å². The number of nitrogens with one attached hydrogen (secondary N) is 2. The molecule has 5 heteroatoms. The Bertz CT molecular complexity index is 226. The summed E-state index contributed by atoms with van der Waals surface area (Å²) in [5.41, 5.74) is 0. The van der Waals surface area contributed by atoms with Gasteiger partial charge in [-0.1, -0.05) is 13.3 Å². The lowest BCUT2D eigenvalue weighted by molar-refractivity contribution is -0.127. The van der Waals surface area contributed by atoms with Crippen molar-refractivity contribution < 1.29 is 4.79 Å². The summed E-state index contributed by atoms with van der Waals surface area (Å²) in [6.07, 6.45) is 2.25. The van der Waals surface area contributed by atoms with E-state index in [2.05, 4.69) is 22.5 Å². The van der Waals surface area contributed by atoms with E-state index in [1.165, 1.54) is 0 Å². The van der Waals surface area contributed by atoms with Crippen molar-refractivity contribution in [1.29, 1.82) is 0 Å². The first-order valence-electron chi connectivity index (χ1n) is 5.84. The van der Waals surface area contributed by atoms with Crippen LogP contribution in [-0.2, 0) is 4.79 Å². The second kappa shape index (κ2) is 9.00. The molecule has 0 heterocycles. The van der Waals surface area contributed by atoms with Crippen molar-refractivity contribution in [2.75, 3.05) is 33.7 Å². The Hall–Kier alpha value is -1.26. The molecular formula is C11H24N4O. The maximum atomic E-state index is 11.3. The van der Waals surface area contributed by atoms with Gasteiger partial charge >= 0.3 is 0 Å². The Morgan fingerprint density at radius 1 is 1.25 bits per heavy atom. The van der Waals surface area contributed by atoms with E-state index in [0.29, 0.717) is 5.96 Å². The van der Waals surface area contributed by atoms with Crippen LogP contribution in [0.15, 0.2) is 4.99 Å². The molecule has 1 amide bonds. The first-order valence-corrected chi connectivity index (χ1v) is 5.84. The molecule has 0 spiro atoms. The molecular weight excluding hydrogens is 204 g/mol. The van der Waals surface area contributed by atoms with Crippen molar-refractivity contribution in [2.45, 2.75) is 26.7 Å². The number of rotatable bonds is 6. The molecule has 0 aromatic rings. The quantitative estimate of drug-likeness (QED) is 0.394. The molecule has 0 aliphatic rings. The molecule has 0 atom stereocenters. The van der Waals surface area contributed by atoms with Gasteiger partial charge in [-0.3, -0.25) is 4.79 Å². The average molecular weight is 228 g/mol. The maximum Gasteiger partial charge on any atom is 0.243 e. The van der Waals surface area contributed by atoms with Gasteiger partial charge in [-0.2, -0.15) is 0 Å². The minimum absolute atomic E-state index is 0.00712. The zero-order chi connectivity index (χ0) is 12.4. The minimum atomic E-state index is 0.00712. The summed E-state index contributed by atoms with van der Waals surface area (Å²) in [6.45, 7) is 6.02. The van der Waals surface area contributed by atoms with Crippen LogP contribution in [-0.4, -0.2) is 50.5 Å². The molecule has 0 aliphatic heterocycles. The van der Waals surface area contributed by atoms with Crippen LogP contribution in [0.5, 0.6) is 0 Å². The largest absolute Gasteiger partial charge is 0.357 e. The Morgan fingerprint density at radius 3 is 2.44 bits per heavy atom. The molecule has 16 heavy (non-hydrogen) atoms. The fraction of sp³-hybridized carbons (Fsp3) is 0.818. The zero-order valence-corrected chi connectivity index (χ0v) is 10.8. The number of amides is 1. The topological polar surface area (TPSA) is 56.7 Å². The van der Waals surface area contributed by atoms with Crippen LogP contribution in [0.2, 0.25) is 0 Å². The average Bonchev–Trinajstić information content (AvgIpc) is 2.25. The molecule has 0 aromatic heterocycles. The van der Waals surface area contributed by atoms with E-state index in [1.807, 2.05) is 6.92 Å². The molecule has 0 radical (unpaired) electrons. The summed E-state index contributed by atoms with van der Waals surface area (Å²) in [7, 11) is 3.46. The van der Waals surface area contributed by atoms with E-state index in [-0.39, 0.29) is 12.5 Å². The van der Waals surface area contributed by atoms with Gasteiger partial charge in [-0.05, 0) is 13.3 Å². The zero-order valence-electron chi connectivity index (χ0n) is 10.8. The molecule has 0 bridgehead atoms. The summed E-state index contributed by atoms with van der Waals surface area (Å²) >= 11 is 0. The summed E-state index contributed by atoms with van der Waals surface area (Å²) in [6, 6.07) is 0. The lowest BCUT2D eigenvalue weighted by Crippen LogP contribution is -2.38. The van der Waals surface area contributed by atoms with Gasteiger partial charge in [0.1, 0.15) is 6.54 Å². The van der Waals surface area contributed by atoms with Gasteiger partial charge in [0.25, 0.3) is 0 Å². The summed E-state index contributed by atoms with van der Waals surface area (Å²) in [4.78, 5) is 17.1. The van der Waals surface area contributed by atoms with Crippen LogP contribution in [0, 0.1) is 0 Å². The molecule has 0 aliphatic carbocycles. The van der Waals surface area contributed by atoms with E-state index in [1.54, 1.807) is 19.0 Å². The SMILES string of the molecule is CCCCNC(=NCC(=O)N(C)C)NCC. The van der Waals surface area contributed by atoms with Crippen molar-refractivity contribution in [1.82, 2.24) is 15.5 Å². The Labute approximate surface area is 98.3 Å². The third-order valence-corrected chi connectivity index (χ3v) is 2.04. The highest BCUT2D eigenvalue weighted by atomic mass is 16.2. The van der Waals surface area contributed by atoms with Gasteiger partial charge in [0.15, 0.2) is 5.96 Å². The monoisotopic (exact) mass is 228 g/mol. The molecule has 0 saturated heterocycles. The number of unbranched alkanes of at least 4 members (excludes halogenated alkanes) is 1. The predicted molar refractivity (Wildman–Crippen MR) is 67.6 cm³/mol. The van der Waals surface area contributed by atoms with E-state index < -0.39 is 0 Å². The third-order valence-electron chi connectivity index (χ3n) is 2.04. The number of hydrogen-bond acceptors (Lipinski definition) is 2. The van der Waals surface area contributed by atoms with E-state index in [0.717, 1.165) is 25.9 Å². The highest BCUT2D eigenvalue weighted by Crippen LogP contribution is 1.84. The van der Waals surface area contributed by atoms with Gasteiger partial charge < -0.3 is 15.5 Å². The molecule has 0 rings (SSSR count). The fourth-order valence-electron chi connectivity index (χ4n) is 1.01. The van der Waals surface area contributed by atoms with Crippen molar-refractivity contribution in [2.24, 2.45) is 4.99 Å². The first-order chi connectivity index (χ1) is 7.61. The van der Waals surface area contributed by atoms with Crippen molar-refractivity contribution in [3.05, 3.63) is 0 Å². The van der Waals surface area contributed by atoms with E-state index in [4.69, 9.17) is 0 Å². The molecule has 0 saturated carbocycles. The van der Waals surface area contributed by atoms with Crippen molar-refractivity contribution >= 4 is 11.9 Å². The second-order valence-electron chi connectivity index (χ2n) is 3.76. The van der Waals surface area contributed by atoms with Crippen LogP contribution in [0.1, 0.15) is 26.7 Å². The number of nitrogens with zero attached hydrogens (tertiary/aromatic N) is 2. The minimum Gasteiger partial charge on any atom is -0.357 e. The van der Waals surface area contributed by atoms with Gasteiger partial charge in [-0.15, -0.1) is 0 Å². The van der Waals surface area contributed by atoms with Gasteiger partial charge in [0.05, 0.1) is 0 Å². The Kier molecular flexibility index (Phi) is 8.29. The standard InChI is InChI=1S/C11H24N4O/c1-5-7-8-13-11(12-6-2)14-9-10(16)15(3)4/h5-9H2,1-4H3,(H2,12,13,14). The first kappa shape index (κ1) is 14.7. The molecule has 5 nitrogen and oxygen atoms in total. The molecule has 0 aromatic carbocycles. The molecule has 0 fully saturated rings. The highest BCUT2D eigenvalue weighted by molar-refractivity contribution is 5.84. The van der Waals surface area contributed by atoms with Crippen LogP contribution in [0.25, 0.3) is 0 Å². The van der Waals surface area contributed by atoms with Crippen molar-refractivity contribution in [3.63, 3.8) is 0 Å². The number of hydrogen-bond donors (Lipinski definition) is 2. The number of carbonyl (C=O) groups excluding carboxylic acids is 1. The van der Waals surface area contributed by atoms with Crippen molar-refractivity contribution in [3.8, 4) is 0 Å². The number of guanidine groups is 1. The smallest absolute Gasteiger partial charge is 0.243 e. The molecule has 94 valence electrons. The molecule has 2 N–H and O–H groups in total. The molecule has 0 unspecified atom stereocenters. The van der Waals surface area contributed by atoms with Crippen LogP contribution in [0.4, 0.5) is 0 Å². The Balaban J connectivity index is 4.07. The maximum absolute atomic E-state index is 11.3. The summed E-state index contributed by atoms with van der Waals surface area (Å²) in [5, 5.41) is 6.29. The van der Waals surface area contributed by atoms with Gasteiger partial charge in [0, 0.05) is 27.2 Å². The van der Waals surface area contributed by atoms with Crippen LogP contribution >= 0.6 is 0 Å². The van der Waals surface area contributed by atoms with E-state index >= 15 is 0 Å². The summed E-state index contributed by atoms with van der Waals surface area (Å²) < 4.78 is 0. The number of carbonyl (C=O) groups is 1.